The number of benzene rings is 2. The van der Waals surface area contributed by atoms with Crippen LogP contribution in [0, 0.1) is 5.41 Å². The molecule has 0 unspecified atom stereocenters. The summed E-state index contributed by atoms with van der Waals surface area (Å²) >= 11 is 7.42. The van der Waals surface area contributed by atoms with Crippen molar-refractivity contribution < 1.29 is 4.79 Å². The molecule has 6 heteroatoms. The molecule has 2 N–H and O–H groups in total. The molecule has 4 rings (SSSR count). The second-order valence-corrected chi connectivity index (χ2v) is 7.00. The highest BCUT2D eigenvalue weighted by molar-refractivity contribution is 8.06. The first-order valence-electron chi connectivity index (χ1n) is 7.73. The number of nitrogens with zero attached hydrogens (tertiary/aromatic N) is 1. The van der Waals surface area contributed by atoms with Gasteiger partial charge in [-0.2, -0.15) is 0 Å². The maximum atomic E-state index is 12.5. The molecular formula is C19H14ClN3OS. The van der Waals surface area contributed by atoms with Gasteiger partial charge in [0.2, 0.25) is 5.91 Å². The predicted octanol–water partition coefficient (Wildman–Crippen LogP) is 4.60. The van der Waals surface area contributed by atoms with Crippen molar-refractivity contribution in [3.8, 4) is 0 Å². The van der Waals surface area contributed by atoms with E-state index in [1.54, 1.807) is 24.3 Å². The van der Waals surface area contributed by atoms with Crippen LogP contribution in [0.25, 0.3) is 5.70 Å². The summed E-state index contributed by atoms with van der Waals surface area (Å²) in [7, 11) is 0. The van der Waals surface area contributed by atoms with Crippen molar-refractivity contribution in [1.82, 2.24) is 5.32 Å². The minimum atomic E-state index is -0.106. The van der Waals surface area contributed by atoms with Gasteiger partial charge in [-0.3, -0.25) is 15.1 Å². The van der Waals surface area contributed by atoms with E-state index in [2.05, 4.69) is 5.32 Å². The number of hydrogen-bond donors (Lipinski definition) is 2. The van der Waals surface area contributed by atoms with E-state index in [0.717, 1.165) is 16.3 Å². The molecule has 0 radical (unpaired) electrons. The zero-order valence-corrected chi connectivity index (χ0v) is 14.7. The number of carbonyl (C=O) groups excluding carboxylic acids is 1. The molecule has 0 atom stereocenters. The van der Waals surface area contributed by atoms with Crippen molar-refractivity contribution in [2.24, 2.45) is 0 Å². The number of carbonyl (C=O) groups is 1. The van der Waals surface area contributed by atoms with Crippen molar-refractivity contribution in [2.75, 3.05) is 4.90 Å². The van der Waals surface area contributed by atoms with Crippen molar-refractivity contribution in [2.45, 2.75) is 6.42 Å². The fraction of sp³-hybridized carbons (Fsp3) is 0.0526. The van der Waals surface area contributed by atoms with E-state index < -0.39 is 0 Å². The molecule has 1 amide bonds. The Kier molecular flexibility index (Phi) is 4.11. The Morgan fingerprint density at radius 3 is 2.52 bits per heavy atom. The highest BCUT2D eigenvalue weighted by Gasteiger charge is 2.35. The van der Waals surface area contributed by atoms with Gasteiger partial charge in [0.25, 0.3) is 0 Å². The van der Waals surface area contributed by atoms with E-state index >= 15 is 0 Å². The Morgan fingerprint density at radius 2 is 1.80 bits per heavy atom. The van der Waals surface area contributed by atoms with Crippen molar-refractivity contribution >= 4 is 46.5 Å². The second kappa shape index (κ2) is 6.43. The fourth-order valence-electron chi connectivity index (χ4n) is 2.83. The number of nitrogens with one attached hydrogen (secondary N) is 2. The third kappa shape index (κ3) is 2.97. The molecule has 124 valence electrons. The zero-order valence-electron chi connectivity index (χ0n) is 13.1. The average molecular weight is 368 g/mol. The number of amidine groups is 1. The van der Waals surface area contributed by atoms with Gasteiger partial charge in [0.05, 0.1) is 22.8 Å². The Bertz CT molecular complexity index is 919. The first-order chi connectivity index (χ1) is 12.1. The summed E-state index contributed by atoms with van der Waals surface area (Å²) in [6, 6.07) is 16.9. The number of halogens is 1. The fourth-order valence-corrected chi connectivity index (χ4v) is 3.87. The molecule has 0 aliphatic carbocycles. The number of rotatable bonds is 2. The maximum Gasteiger partial charge on any atom is 0.237 e. The zero-order chi connectivity index (χ0) is 17.4. The summed E-state index contributed by atoms with van der Waals surface area (Å²) < 4.78 is 0. The van der Waals surface area contributed by atoms with Crippen LogP contribution in [0.4, 0.5) is 5.69 Å². The van der Waals surface area contributed by atoms with Crippen LogP contribution in [0.2, 0.25) is 5.02 Å². The van der Waals surface area contributed by atoms with Gasteiger partial charge in [-0.25, -0.2) is 0 Å². The van der Waals surface area contributed by atoms with E-state index in [1.165, 1.54) is 16.7 Å². The normalized spacial score (nSPS) is 20.0. The van der Waals surface area contributed by atoms with Crippen LogP contribution in [0.15, 0.2) is 70.6 Å². The lowest BCUT2D eigenvalue weighted by Crippen LogP contribution is -2.28. The predicted molar refractivity (Wildman–Crippen MR) is 103 cm³/mol. The summed E-state index contributed by atoms with van der Waals surface area (Å²) in [4.78, 5) is 13.9. The minimum Gasteiger partial charge on any atom is -0.349 e. The lowest BCUT2D eigenvalue weighted by molar-refractivity contribution is -0.116. The molecule has 1 saturated heterocycles. The lowest BCUT2D eigenvalue weighted by Gasteiger charge is -2.16. The molecule has 2 aliphatic heterocycles. The number of amides is 1. The van der Waals surface area contributed by atoms with E-state index in [4.69, 9.17) is 17.0 Å². The smallest absolute Gasteiger partial charge is 0.237 e. The van der Waals surface area contributed by atoms with Gasteiger partial charge < -0.3 is 5.32 Å². The van der Waals surface area contributed by atoms with Gasteiger partial charge in [-0.1, -0.05) is 53.7 Å². The molecule has 4 nitrogen and oxygen atoms in total. The second-order valence-electron chi connectivity index (χ2n) is 5.68. The van der Waals surface area contributed by atoms with Crippen molar-refractivity contribution in [3.05, 3.63) is 81.2 Å². The van der Waals surface area contributed by atoms with Gasteiger partial charge in [0, 0.05) is 16.0 Å². The monoisotopic (exact) mass is 367 g/mol. The Morgan fingerprint density at radius 1 is 1.08 bits per heavy atom. The molecule has 0 bridgehead atoms. The van der Waals surface area contributed by atoms with E-state index in [-0.39, 0.29) is 18.2 Å². The van der Waals surface area contributed by atoms with Crippen LogP contribution < -0.4 is 10.2 Å². The summed E-state index contributed by atoms with van der Waals surface area (Å²) in [5.41, 5.74) is 3.44. The number of hydrogen-bond acceptors (Lipinski definition) is 4. The molecule has 2 aliphatic rings. The largest absolute Gasteiger partial charge is 0.349 e. The number of thioether (sulfide) groups is 1. The van der Waals surface area contributed by atoms with E-state index in [1.807, 2.05) is 35.7 Å². The standard InChI is InChI=1S/C19H14ClN3OS/c20-13-6-8-14(9-7-13)23-17(24)10-15(18(23)21)19-22-16(11-25-19)12-4-2-1-3-5-12/h1-9,11,21-22H,10H2/b19-15+,21-18?. The molecule has 2 aromatic rings. The summed E-state index contributed by atoms with van der Waals surface area (Å²) in [5, 5.41) is 15.3. The van der Waals surface area contributed by atoms with Crippen LogP contribution in [-0.4, -0.2) is 11.7 Å². The van der Waals surface area contributed by atoms with Crippen LogP contribution in [0.1, 0.15) is 12.0 Å². The Hall–Kier alpha value is -2.50. The molecule has 25 heavy (non-hydrogen) atoms. The van der Waals surface area contributed by atoms with Gasteiger partial charge in [0.15, 0.2) is 0 Å². The lowest BCUT2D eigenvalue weighted by atomic mass is 10.2. The maximum absolute atomic E-state index is 12.5. The van der Waals surface area contributed by atoms with Crippen LogP contribution >= 0.6 is 23.4 Å². The molecule has 0 saturated carbocycles. The Balaban J connectivity index is 1.60. The molecule has 1 fully saturated rings. The van der Waals surface area contributed by atoms with Gasteiger partial charge >= 0.3 is 0 Å². The van der Waals surface area contributed by atoms with Gasteiger partial charge in [-0.05, 0) is 29.8 Å². The highest BCUT2D eigenvalue weighted by Crippen LogP contribution is 2.37. The average Bonchev–Trinajstić information content (AvgIpc) is 3.22. The van der Waals surface area contributed by atoms with Gasteiger partial charge in [0.1, 0.15) is 5.84 Å². The van der Waals surface area contributed by atoms with Crippen molar-refractivity contribution in [1.29, 1.82) is 5.41 Å². The van der Waals surface area contributed by atoms with Crippen LogP contribution in [0.5, 0.6) is 0 Å². The van der Waals surface area contributed by atoms with Crippen molar-refractivity contribution in [3.63, 3.8) is 0 Å². The summed E-state index contributed by atoms with van der Waals surface area (Å²) in [5.74, 6) is 0.107. The molecule has 0 aromatic heterocycles. The molecular weight excluding hydrogens is 354 g/mol. The minimum absolute atomic E-state index is 0.106. The highest BCUT2D eigenvalue weighted by atomic mass is 35.5. The molecule has 2 aromatic carbocycles. The van der Waals surface area contributed by atoms with Gasteiger partial charge in [-0.15, -0.1) is 0 Å². The number of anilines is 1. The van der Waals surface area contributed by atoms with E-state index in [0.29, 0.717) is 16.3 Å². The quantitative estimate of drug-likeness (QED) is 0.815. The molecule has 0 spiro atoms. The molecule has 2 heterocycles. The third-order valence-electron chi connectivity index (χ3n) is 4.07. The Labute approximate surface area is 154 Å². The topological polar surface area (TPSA) is 56.2 Å². The SMILES string of the molecule is N=C1/C(=C2\NC(c3ccccc3)=CS2)CC(=O)N1c1ccc(Cl)cc1. The first-order valence-corrected chi connectivity index (χ1v) is 8.99. The van der Waals surface area contributed by atoms with E-state index in [9.17, 15) is 4.79 Å². The summed E-state index contributed by atoms with van der Waals surface area (Å²) in [6.07, 6.45) is 0.215. The summed E-state index contributed by atoms with van der Waals surface area (Å²) in [6.45, 7) is 0. The van der Waals surface area contributed by atoms with Crippen LogP contribution in [0.3, 0.4) is 0 Å². The third-order valence-corrected chi connectivity index (χ3v) is 5.26. The van der Waals surface area contributed by atoms with Crippen LogP contribution in [-0.2, 0) is 4.79 Å². The first kappa shape index (κ1) is 16.0.